The monoisotopic (exact) mass is 607 g/mol. The van der Waals surface area contributed by atoms with Crippen molar-refractivity contribution in [1.82, 2.24) is 20.2 Å². The molecular formula is C31H41N7O6. The first-order chi connectivity index (χ1) is 21.1. The van der Waals surface area contributed by atoms with Crippen LogP contribution >= 0.6 is 0 Å². The lowest BCUT2D eigenvalue weighted by Crippen LogP contribution is -2.53. The minimum absolute atomic E-state index is 0.0473. The average molecular weight is 608 g/mol. The summed E-state index contributed by atoms with van der Waals surface area (Å²) >= 11 is 0. The maximum atomic E-state index is 13.8. The van der Waals surface area contributed by atoms with Crippen LogP contribution in [0.1, 0.15) is 68.4 Å². The molecule has 0 bridgehead atoms. The van der Waals surface area contributed by atoms with Gasteiger partial charge in [-0.05, 0) is 58.1 Å². The van der Waals surface area contributed by atoms with Crippen LogP contribution in [0.4, 0.5) is 15.3 Å². The number of carbonyl (C=O) groups excluding carboxylic acids is 4. The number of rotatable bonds is 4. The number of azo groups is 1. The number of urea groups is 1. The average Bonchev–Trinajstić information content (AvgIpc) is 3.56. The second-order valence-electron chi connectivity index (χ2n) is 13.0. The summed E-state index contributed by atoms with van der Waals surface area (Å²) < 4.78 is 10.8. The molecule has 0 aromatic heterocycles. The van der Waals surface area contributed by atoms with Gasteiger partial charge in [0.15, 0.2) is 5.78 Å². The molecule has 0 radical (unpaired) electrons. The zero-order chi connectivity index (χ0) is 31.0. The minimum atomic E-state index is -0.553. The third-order valence-electron chi connectivity index (χ3n) is 8.92. The predicted molar refractivity (Wildman–Crippen MR) is 160 cm³/mol. The van der Waals surface area contributed by atoms with E-state index in [1.54, 1.807) is 16.0 Å². The number of piperazine rings is 1. The minimum Gasteiger partial charge on any atom is -0.444 e. The van der Waals surface area contributed by atoms with E-state index in [1.165, 1.54) is 0 Å². The Hall–Kier alpha value is -3.84. The number of hydrazine groups is 1. The number of benzene rings is 1. The van der Waals surface area contributed by atoms with Gasteiger partial charge in [0.1, 0.15) is 11.6 Å². The Morgan fingerprint density at radius 3 is 2.32 bits per heavy atom. The topological polar surface area (TPSA) is 145 Å². The van der Waals surface area contributed by atoms with Crippen LogP contribution in [-0.4, -0.2) is 96.7 Å². The Morgan fingerprint density at radius 1 is 0.955 bits per heavy atom. The van der Waals surface area contributed by atoms with Gasteiger partial charge in [0.25, 0.3) is 0 Å². The molecule has 2 aliphatic carbocycles. The first kappa shape index (κ1) is 30.2. The summed E-state index contributed by atoms with van der Waals surface area (Å²) in [6, 6.07) is 4.55. The Balaban J connectivity index is 1.06. The molecule has 4 amide bonds. The lowest BCUT2D eigenvalue weighted by atomic mass is 9.78. The van der Waals surface area contributed by atoms with Gasteiger partial charge in [0.05, 0.1) is 35.7 Å². The number of Topliss-reactive ketones (excluding diaryl/α,β-unsaturated/α-hetero) is 1. The van der Waals surface area contributed by atoms with Gasteiger partial charge >= 0.3 is 12.1 Å². The largest absolute Gasteiger partial charge is 0.444 e. The van der Waals surface area contributed by atoms with Crippen LogP contribution in [-0.2, 0) is 14.3 Å². The molecule has 44 heavy (non-hydrogen) atoms. The van der Waals surface area contributed by atoms with Crippen molar-refractivity contribution in [2.24, 2.45) is 22.1 Å². The number of allylic oxidation sites excluding steroid dienone is 1. The molecule has 13 nitrogen and oxygen atoms in total. The van der Waals surface area contributed by atoms with Gasteiger partial charge in [-0.15, -0.1) is 0 Å². The van der Waals surface area contributed by atoms with Crippen molar-refractivity contribution in [3.05, 3.63) is 40.6 Å². The van der Waals surface area contributed by atoms with Crippen molar-refractivity contribution in [3.8, 4) is 0 Å². The Kier molecular flexibility index (Phi) is 8.42. The maximum Gasteiger partial charge on any atom is 0.410 e. The van der Waals surface area contributed by atoms with Crippen LogP contribution in [0.5, 0.6) is 0 Å². The molecule has 1 aromatic carbocycles. The third kappa shape index (κ3) is 6.20. The highest BCUT2D eigenvalue weighted by molar-refractivity contribution is 6.19. The Bertz CT molecular complexity index is 1380. The standard InChI is InChI=1S/C31H41N7O6/c1-31(2,3)44-30(42)37-13-11-36(12-14-37)28(40)20-9-7-19(8-10-20)25-24-26(34-33-25)21-5-4-6-22(23(21)27(24)39)32-29(41)35-38-15-17-43-18-16-38/h4-6,19-20,26H,7-18H2,1-3H3,(H2,32,35,41). The zero-order valence-electron chi connectivity index (χ0n) is 25.6. The predicted octanol–water partition coefficient (Wildman–Crippen LogP) is 3.90. The number of nitrogens with one attached hydrogen (secondary N) is 2. The van der Waals surface area contributed by atoms with Crippen molar-refractivity contribution < 1.29 is 28.7 Å². The van der Waals surface area contributed by atoms with E-state index >= 15 is 0 Å². The fourth-order valence-electron chi connectivity index (χ4n) is 6.70. The maximum absolute atomic E-state index is 13.8. The molecule has 2 saturated heterocycles. The number of carbonyl (C=O) groups is 4. The number of hydrogen-bond donors (Lipinski definition) is 2. The van der Waals surface area contributed by atoms with Crippen LogP contribution in [0.15, 0.2) is 39.7 Å². The van der Waals surface area contributed by atoms with E-state index in [2.05, 4.69) is 21.0 Å². The lowest BCUT2D eigenvalue weighted by Gasteiger charge is -2.38. The van der Waals surface area contributed by atoms with E-state index in [0.717, 1.165) is 24.1 Å². The fourth-order valence-corrected chi connectivity index (χ4v) is 6.70. The summed E-state index contributed by atoms with van der Waals surface area (Å²) in [6.45, 7) is 9.73. The van der Waals surface area contributed by atoms with Gasteiger partial charge < -0.3 is 24.6 Å². The molecule has 1 unspecified atom stereocenters. The number of anilines is 1. The molecule has 2 N–H and O–H groups in total. The molecule has 1 saturated carbocycles. The molecule has 13 heteroatoms. The van der Waals surface area contributed by atoms with E-state index in [-0.39, 0.29) is 29.6 Å². The number of ether oxygens (including phenoxy) is 2. The molecule has 3 fully saturated rings. The molecule has 5 aliphatic rings. The third-order valence-corrected chi connectivity index (χ3v) is 8.92. The number of morpholine rings is 1. The van der Waals surface area contributed by atoms with E-state index in [1.807, 2.05) is 37.8 Å². The quantitative estimate of drug-likeness (QED) is 0.528. The number of ketones is 1. The zero-order valence-corrected chi connectivity index (χ0v) is 25.6. The van der Waals surface area contributed by atoms with Crippen LogP contribution in [0.3, 0.4) is 0 Å². The van der Waals surface area contributed by atoms with Gasteiger partial charge in [-0.2, -0.15) is 10.2 Å². The molecule has 0 spiro atoms. The Morgan fingerprint density at radius 2 is 1.64 bits per heavy atom. The number of hydrogen-bond acceptors (Lipinski definition) is 9. The summed E-state index contributed by atoms with van der Waals surface area (Å²) in [5.41, 5.74) is 5.25. The van der Waals surface area contributed by atoms with E-state index < -0.39 is 17.7 Å². The van der Waals surface area contributed by atoms with Crippen molar-refractivity contribution in [3.63, 3.8) is 0 Å². The molecule has 3 aliphatic heterocycles. The van der Waals surface area contributed by atoms with E-state index in [9.17, 15) is 19.2 Å². The first-order valence-electron chi connectivity index (χ1n) is 15.6. The second-order valence-corrected chi connectivity index (χ2v) is 13.0. The summed E-state index contributed by atoms with van der Waals surface area (Å²) in [6.07, 6.45) is 2.57. The van der Waals surface area contributed by atoms with Crippen LogP contribution < -0.4 is 10.7 Å². The summed E-state index contributed by atoms with van der Waals surface area (Å²) in [7, 11) is 0. The molecule has 3 heterocycles. The molecular weight excluding hydrogens is 566 g/mol. The molecule has 6 rings (SSSR count). The summed E-state index contributed by atoms with van der Waals surface area (Å²) in [5, 5.41) is 13.6. The SMILES string of the molecule is CC(C)(C)OC(=O)N1CCN(C(=O)C2CCC(C3=C4C(=O)c5c(NC(=O)NN6CCOCC6)cccc5C4N=N3)CC2)CC1. The smallest absolute Gasteiger partial charge is 0.410 e. The van der Waals surface area contributed by atoms with Gasteiger partial charge in [0.2, 0.25) is 5.91 Å². The highest BCUT2D eigenvalue weighted by Crippen LogP contribution is 2.50. The highest BCUT2D eigenvalue weighted by Gasteiger charge is 2.44. The van der Waals surface area contributed by atoms with Gasteiger partial charge in [0, 0.05) is 51.1 Å². The van der Waals surface area contributed by atoms with Crippen LogP contribution in [0, 0.1) is 11.8 Å². The van der Waals surface area contributed by atoms with Crippen molar-refractivity contribution in [2.45, 2.75) is 58.1 Å². The van der Waals surface area contributed by atoms with E-state index in [0.29, 0.717) is 82.1 Å². The van der Waals surface area contributed by atoms with E-state index in [4.69, 9.17) is 9.47 Å². The van der Waals surface area contributed by atoms with Gasteiger partial charge in [-0.1, -0.05) is 12.1 Å². The summed E-state index contributed by atoms with van der Waals surface area (Å²) in [4.78, 5) is 55.8. The van der Waals surface area contributed by atoms with Crippen molar-refractivity contribution in [1.29, 1.82) is 0 Å². The van der Waals surface area contributed by atoms with Gasteiger partial charge in [-0.3, -0.25) is 15.0 Å². The number of fused-ring (bicyclic) bond motifs is 3. The van der Waals surface area contributed by atoms with Crippen LogP contribution in [0.25, 0.3) is 0 Å². The normalized spacial score (nSPS) is 25.5. The highest BCUT2D eigenvalue weighted by atomic mass is 16.6. The Labute approximate surface area is 257 Å². The lowest BCUT2D eigenvalue weighted by molar-refractivity contribution is -0.138. The molecule has 1 atom stereocenters. The fraction of sp³-hybridized carbons (Fsp3) is 0.613. The number of amides is 4. The molecule has 236 valence electrons. The second kappa shape index (κ2) is 12.3. The van der Waals surface area contributed by atoms with Crippen LogP contribution in [0.2, 0.25) is 0 Å². The number of nitrogens with zero attached hydrogens (tertiary/aromatic N) is 5. The molecule has 1 aromatic rings. The van der Waals surface area contributed by atoms with Crippen molar-refractivity contribution in [2.75, 3.05) is 57.8 Å². The van der Waals surface area contributed by atoms with Crippen molar-refractivity contribution >= 4 is 29.5 Å². The summed E-state index contributed by atoms with van der Waals surface area (Å²) in [5.74, 6) is -0.0537. The first-order valence-corrected chi connectivity index (χ1v) is 15.6. The van der Waals surface area contributed by atoms with Gasteiger partial charge in [-0.25, -0.2) is 14.6 Å².